The van der Waals surface area contributed by atoms with Gasteiger partial charge in [-0.2, -0.15) is 0 Å². The number of allylic oxidation sites excluding steroid dienone is 1. The maximum Gasteiger partial charge on any atom is 0.313 e. The molecule has 0 bridgehead atoms. The first-order chi connectivity index (χ1) is 15.3. The number of nitrogens with zero attached hydrogens (tertiary/aromatic N) is 2. The monoisotopic (exact) mass is 446 g/mol. The van der Waals surface area contributed by atoms with Crippen LogP contribution >= 0.6 is 0 Å². The second kappa shape index (κ2) is 8.63. The zero-order valence-electron chi connectivity index (χ0n) is 19.2. The van der Waals surface area contributed by atoms with Gasteiger partial charge in [0.25, 0.3) is 0 Å². The molecule has 0 radical (unpaired) electrons. The van der Waals surface area contributed by atoms with Crippen molar-refractivity contribution in [1.82, 2.24) is 9.80 Å². The van der Waals surface area contributed by atoms with Crippen LogP contribution in [0.4, 0.5) is 0 Å². The van der Waals surface area contributed by atoms with E-state index in [1.165, 1.54) is 4.90 Å². The first-order valence-corrected chi connectivity index (χ1v) is 11.8. The van der Waals surface area contributed by atoms with Crippen LogP contribution in [0.1, 0.15) is 46.5 Å². The molecule has 0 aromatic carbocycles. The molecule has 4 heterocycles. The lowest BCUT2D eigenvalue weighted by Gasteiger charge is -2.39. The van der Waals surface area contributed by atoms with Gasteiger partial charge in [-0.1, -0.05) is 31.2 Å². The van der Waals surface area contributed by atoms with Gasteiger partial charge in [-0.15, -0.1) is 0 Å². The number of aliphatic hydroxyl groups is 1. The van der Waals surface area contributed by atoms with Gasteiger partial charge in [0.05, 0.1) is 12.5 Å². The molecule has 1 unspecified atom stereocenters. The molecule has 8 heteroatoms. The van der Waals surface area contributed by atoms with E-state index in [2.05, 4.69) is 0 Å². The zero-order chi connectivity index (χ0) is 23.1. The van der Waals surface area contributed by atoms with Crippen LogP contribution in [0.15, 0.2) is 24.3 Å². The fraction of sp³-hybridized carbons (Fsp3) is 0.708. The maximum atomic E-state index is 13.9. The number of cyclic esters (lactones) is 1. The van der Waals surface area contributed by atoms with Crippen molar-refractivity contribution in [2.75, 3.05) is 26.3 Å². The first kappa shape index (κ1) is 23.0. The number of likely N-dealkylation sites (tertiary alicyclic amines) is 1. The van der Waals surface area contributed by atoms with E-state index in [1.54, 1.807) is 4.90 Å². The summed E-state index contributed by atoms with van der Waals surface area (Å²) in [7, 11) is 0. The molecule has 4 aliphatic rings. The average molecular weight is 447 g/mol. The molecule has 1 N–H and O–H groups in total. The zero-order valence-corrected chi connectivity index (χ0v) is 19.2. The van der Waals surface area contributed by atoms with E-state index in [0.29, 0.717) is 32.4 Å². The quantitative estimate of drug-likeness (QED) is 0.507. The van der Waals surface area contributed by atoms with Crippen LogP contribution in [0.3, 0.4) is 0 Å². The predicted octanol–water partition coefficient (Wildman–Crippen LogP) is 1.43. The lowest BCUT2D eigenvalue weighted by Crippen LogP contribution is -2.57. The van der Waals surface area contributed by atoms with Crippen LogP contribution in [0.2, 0.25) is 0 Å². The standard InChI is InChI=1S/C24H34N2O6/c1-4-23-10-6-5-7-15-31-22(30)18(23)17-20(28)26(13-9-14-27)19-21(29)25(16(2)3)12-8-11-24(17,19)32-23/h6,8,10-11,16-19,27H,4-5,7,9,12-15H2,1-3H3/b10-6-/t17-,18+,19?,23-,24-/m0/s1. The van der Waals surface area contributed by atoms with E-state index in [1.807, 2.05) is 45.1 Å². The highest BCUT2D eigenvalue weighted by molar-refractivity contribution is 5.99. The molecule has 4 rings (SSSR count). The smallest absolute Gasteiger partial charge is 0.313 e. The highest BCUT2D eigenvalue weighted by Gasteiger charge is 2.75. The van der Waals surface area contributed by atoms with Gasteiger partial charge in [0.1, 0.15) is 23.2 Å². The Hall–Kier alpha value is -2.19. The summed E-state index contributed by atoms with van der Waals surface area (Å²) in [6.45, 7) is 6.65. The Morgan fingerprint density at radius 3 is 2.62 bits per heavy atom. The Kier molecular flexibility index (Phi) is 6.20. The summed E-state index contributed by atoms with van der Waals surface area (Å²) < 4.78 is 12.4. The summed E-state index contributed by atoms with van der Waals surface area (Å²) in [6.07, 6.45) is 9.94. The van der Waals surface area contributed by atoms with E-state index >= 15 is 0 Å². The molecule has 5 atom stereocenters. The van der Waals surface area contributed by atoms with Crippen LogP contribution in [0.25, 0.3) is 0 Å². The molecule has 0 aromatic heterocycles. The molecule has 0 aliphatic carbocycles. The van der Waals surface area contributed by atoms with E-state index < -0.39 is 35.0 Å². The van der Waals surface area contributed by atoms with Gasteiger partial charge in [0.2, 0.25) is 11.8 Å². The lowest BCUT2D eigenvalue weighted by atomic mass is 9.73. The predicted molar refractivity (Wildman–Crippen MR) is 116 cm³/mol. The Balaban J connectivity index is 1.89. The number of hydrogen-bond donors (Lipinski definition) is 1. The third-order valence-electron chi connectivity index (χ3n) is 7.34. The van der Waals surface area contributed by atoms with E-state index in [-0.39, 0.29) is 31.0 Å². The van der Waals surface area contributed by atoms with Gasteiger partial charge < -0.3 is 24.4 Å². The molecule has 2 amide bonds. The van der Waals surface area contributed by atoms with Gasteiger partial charge in [-0.25, -0.2) is 0 Å². The SMILES string of the molecule is CC[C@]12/C=C\CCCOC(=O)[C@H]1[C@H]1C(=O)N(CCCO)C3C(=O)N(C(C)C)CC=C[C@@]31O2. The Bertz CT molecular complexity index is 838. The fourth-order valence-electron chi connectivity index (χ4n) is 5.84. The van der Waals surface area contributed by atoms with Crippen LogP contribution in [-0.2, 0) is 23.9 Å². The normalized spacial score (nSPS) is 37.9. The lowest BCUT2D eigenvalue weighted by molar-refractivity contribution is -0.161. The van der Waals surface area contributed by atoms with Crippen molar-refractivity contribution in [3.05, 3.63) is 24.3 Å². The van der Waals surface area contributed by atoms with E-state index in [4.69, 9.17) is 9.47 Å². The molecule has 0 aromatic rings. The highest BCUT2D eigenvalue weighted by Crippen LogP contribution is 2.58. The van der Waals surface area contributed by atoms with Crippen molar-refractivity contribution in [1.29, 1.82) is 0 Å². The van der Waals surface area contributed by atoms with E-state index in [9.17, 15) is 19.5 Å². The molecule has 176 valence electrons. The topological polar surface area (TPSA) is 96.4 Å². The van der Waals surface area contributed by atoms with Crippen molar-refractivity contribution >= 4 is 17.8 Å². The van der Waals surface area contributed by atoms with Crippen molar-refractivity contribution in [3.63, 3.8) is 0 Å². The van der Waals surface area contributed by atoms with Gasteiger partial charge >= 0.3 is 5.97 Å². The van der Waals surface area contributed by atoms with Gasteiger partial charge in [-0.3, -0.25) is 14.4 Å². The van der Waals surface area contributed by atoms with Crippen molar-refractivity contribution in [2.45, 2.75) is 69.7 Å². The summed E-state index contributed by atoms with van der Waals surface area (Å²) in [5.41, 5.74) is -2.27. The summed E-state index contributed by atoms with van der Waals surface area (Å²) >= 11 is 0. The number of hydrogen-bond acceptors (Lipinski definition) is 6. The van der Waals surface area contributed by atoms with Crippen LogP contribution in [0.5, 0.6) is 0 Å². The number of fused-ring (bicyclic) bond motifs is 2. The van der Waals surface area contributed by atoms with Crippen molar-refractivity contribution in [2.24, 2.45) is 11.8 Å². The Morgan fingerprint density at radius 2 is 1.94 bits per heavy atom. The number of amides is 2. The number of esters is 1. The van der Waals surface area contributed by atoms with Gasteiger partial charge in [0.15, 0.2) is 0 Å². The second-order valence-electron chi connectivity index (χ2n) is 9.43. The number of carbonyl (C=O) groups is 3. The summed E-state index contributed by atoms with van der Waals surface area (Å²) in [6, 6.07) is -0.938. The molecular formula is C24H34N2O6. The van der Waals surface area contributed by atoms with Crippen molar-refractivity contribution < 1.29 is 29.0 Å². The molecule has 1 spiro atoms. The number of ether oxygens (including phenoxy) is 2. The minimum atomic E-state index is -1.25. The van der Waals surface area contributed by atoms with Crippen LogP contribution in [-0.4, -0.2) is 82.3 Å². The number of rotatable bonds is 5. The molecule has 8 nitrogen and oxygen atoms in total. The van der Waals surface area contributed by atoms with E-state index in [0.717, 1.165) is 6.42 Å². The largest absolute Gasteiger partial charge is 0.465 e. The molecular weight excluding hydrogens is 412 g/mol. The molecule has 0 saturated carbocycles. The third-order valence-corrected chi connectivity index (χ3v) is 7.34. The van der Waals surface area contributed by atoms with Crippen LogP contribution in [0, 0.1) is 11.8 Å². The molecule has 32 heavy (non-hydrogen) atoms. The van der Waals surface area contributed by atoms with Gasteiger partial charge in [0, 0.05) is 25.7 Å². The van der Waals surface area contributed by atoms with Crippen LogP contribution < -0.4 is 0 Å². The number of aliphatic hydroxyl groups excluding tert-OH is 1. The Morgan fingerprint density at radius 1 is 1.16 bits per heavy atom. The number of carbonyl (C=O) groups excluding carboxylic acids is 3. The Labute approximate surface area is 189 Å². The third kappa shape index (κ3) is 3.30. The summed E-state index contributed by atoms with van der Waals surface area (Å²) in [5.74, 6) is -2.60. The average Bonchev–Trinajstić information content (AvgIpc) is 3.13. The first-order valence-electron chi connectivity index (χ1n) is 11.8. The van der Waals surface area contributed by atoms with Gasteiger partial charge in [-0.05, 0) is 39.5 Å². The fourth-order valence-corrected chi connectivity index (χ4v) is 5.84. The highest BCUT2D eigenvalue weighted by atomic mass is 16.6. The molecule has 4 aliphatic heterocycles. The minimum Gasteiger partial charge on any atom is -0.465 e. The molecule has 2 saturated heterocycles. The second-order valence-corrected chi connectivity index (χ2v) is 9.43. The molecule has 2 fully saturated rings. The summed E-state index contributed by atoms with van der Waals surface area (Å²) in [4.78, 5) is 44.2. The van der Waals surface area contributed by atoms with Crippen molar-refractivity contribution in [3.8, 4) is 0 Å². The summed E-state index contributed by atoms with van der Waals surface area (Å²) in [5, 5.41) is 9.42. The maximum absolute atomic E-state index is 13.9. The minimum absolute atomic E-state index is 0.0558.